The fraction of sp³-hybridized carbons (Fsp3) is 0.222. The van der Waals surface area contributed by atoms with Crippen molar-refractivity contribution in [2.24, 2.45) is 0 Å². The first kappa shape index (κ1) is 18.5. The predicted molar refractivity (Wildman–Crippen MR) is 86.2 cm³/mol. The standard InChI is InChI=1S/C18H16F3NO3/c1-2-12-3-9-15(10-4-12)22-16(23)11-25-17(24)13-5-7-14(8-6-13)18(19,20)21/h3-10H,2,11H2,1H3,(H,22,23). The third-order valence-corrected chi connectivity index (χ3v) is 3.43. The zero-order chi connectivity index (χ0) is 18.4. The lowest BCUT2D eigenvalue weighted by atomic mass is 10.1. The van der Waals surface area contributed by atoms with Crippen molar-refractivity contribution in [3.63, 3.8) is 0 Å². The fourth-order valence-electron chi connectivity index (χ4n) is 2.03. The van der Waals surface area contributed by atoms with Gasteiger partial charge < -0.3 is 10.1 Å². The van der Waals surface area contributed by atoms with Crippen LogP contribution in [-0.2, 0) is 22.1 Å². The Hall–Kier alpha value is -2.83. The van der Waals surface area contributed by atoms with Crippen molar-refractivity contribution in [2.45, 2.75) is 19.5 Å². The maximum atomic E-state index is 12.5. The molecule has 0 aliphatic rings. The van der Waals surface area contributed by atoms with E-state index in [1.807, 2.05) is 19.1 Å². The Kier molecular flexibility index (Phi) is 5.80. The number of aryl methyl sites for hydroxylation is 1. The molecule has 4 nitrogen and oxygen atoms in total. The average Bonchev–Trinajstić information content (AvgIpc) is 2.59. The lowest BCUT2D eigenvalue weighted by Gasteiger charge is -2.09. The molecule has 0 atom stereocenters. The van der Waals surface area contributed by atoms with Crippen LogP contribution in [0.2, 0.25) is 0 Å². The molecule has 25 heavy (non-hydrogen) atoms. The molecule has 132 valence electrons. The molecular weight excluding hydrogens is 335 g/mol. The number of alkyl halides is 3. The van der Waals surface area contributed by atoms with E-state index in [0.29, 0.717) is 5.69 Å². The molecule has 2 rings (SSSR count). The first-order chi connectivity index (χ1) is 11.8. The van der Waals surface area contributed by atoms with E-state index in [-0.39, 0.29) is 5.56 Å². The lowest BCUT2D eigenvalue weighted by Crippen LogP contribution is -2.21. The number of hydrogen-bond acceptors (Lipinski definition) is 3. The van der Waals surface area contributed by atoms with Gasteiger partial charge in [-0.2, -0.15) is 13.2 Å². The van der Waals surface area contributed by atoms with Crippen LogP contribution < -0.4 is 5.32 Å². The molecule has 1 N–H and O–H groups in total. The number of halogens is 3. The van der Waals surface area contributed by atoms with E-state index >= 15 is 0 Å². The molecule has 0 unspecified atom stereocenters. The van der Waals surface area contributed by atoms with Gasteiger partial charge in [-0.25, -0.2) is 4.79 Å². The lowest BCUT2D eigenvalue weighted by molar-refractivity contribution is -0.137. The summed E-state index contributed by atoms with van der Waals surface area (Å²) in [7, 11) is 0. The minimum atomic E-state index is -4.48. The molecule has 0 radical (unpaired) electrons. The summed E-state index contributed by atoms with van der Waals surface area (Å²) in [4.78, 5) is 23.5. The molecular formula is C18H16F3NO3. The first-order valence-electron chi connectivity index (χ1n) is 7.52. The quantitative estimate of drug-likeness (QED) is 0.827. The number of carbonyl (C=O) groups is 2. The Morgan fingerprint density at radius 3 is 2.12 bits per heavy atom. The molecule has 2 aromatic rings. The summed E-state index contributed by atoms with van der Waals surface area (Å²) in [6.45, 7) is 1.48. The molecule has 0 saturated carbocycles. The second-order valence-corrected chi connectivity index (χ2v) is 5.25. The topological polar surface area (TPSA) is 55.4 Å². The van der Waals surface area contributed by atoms with Gasteiger partial charge in [0.25, 0.3) is 5.91 Å². The summed E-state index contributed by atoms with van der Waals surface area (Å²) < 4.78 is 42.2. The summed E-state index contributed by atoms with van der Waals surface area (Å²) in [6.07, 6.45) is -3.60. The van der Waals surface area contributed by atoms with E-state index in [1.165, 1.54) is 0 Å². The Labute approximate surface area is 142 Å². The largest absolute Gasteiger partial charge is 0.452 e. The van der Waals surface area contributed by atoms with Gasteiger partial charge in [-0.15, -0.1) is 0 Å². The summed E-state index contributed by atoms with van der Waals surface area (Å²) in [5, 5.41) is 2.56. The van der Waals surface area contributed by atoms with Gasteiger partial charge in [-0.1, -0.05) is 19.1 Å². The van der Waals surface area contributed by atoms with Crippen LogP contribution in [0, 0.1) is 0 Å². The van der Waals surface area contributed by atoms with Gasteiger partial charge >= 0.3 is 12.1 Å². The number of anilines is 1. The van der Waals surface area contributed by atoms with Crippen LogP contribution in [0.4, 0.5) is 18.9 Å². The summed E-state index contributed by atoms with van der Waals surface area (Å²) in [6, 6.07) is 10.8. The van der Waals surface area contributed by atoms with E-state index < -0.39 is 30.2 Å². The second-order valence-electron chi connectivity index (χ2n) is 5.25. The third-order valence-electron chi connectivity index (χ3n) is 3.43. The summed E-state index contributed by atoms with van der Waals surface area (Å²) in [5.41, 5.74) is 0.755. The Morgan fingerprint density at radius 2 is 1.60 bits per heavy atom. The summed E-state index contributed by atoms with van der Waals surface area (Å²) >= 11 is 0. The number of hydrogen-bond donors (Lipinski definition) is 1. The van der Waals surface area contributed by atoms with Crippen LogP contribution >= 0.6 is 0 Å². The van der Waals surface area contributed by atoms with Crippen LogP contribution in [0.1, 0.15) is 28.4 Å². The van der Waals surface area contributed by atoms with Crippen LogP contribution in [0.15, 0.2) is 48.5 Å². The van der Waals surface area contributed by atoms with Crippen molar-refractivity contribution in [3.05, 3.63) is 65.2 Å². The number of ether oxygens (including phenoxy) is 1. The predicted octanol–water partition coefficient (Wildman–Crippen LogP) is 4.06. The number of esters is 1. The van der Waals surface area contributed by atoms with Crippen LogP contribution in [0.5, 0.6) is 0 Å². The molecule has 7 heteroatoms. The molecule has 0 heterocycles. The molecule has 0 aliphatic carbocycles. The molecule has 0 aliphatic heterocycles. The smallest absolute Gasteiger partial charge is 0.416 e. The number of rotatable bonds is 5. The van der Waals surface area contributed by atoms with Gasteiger partial charge in [0.05, 0.1) is 11.1 Å². The van der Waals surface area contributed by atoms with Gasteiger partial charge in [0, 0.05) is 5.69 Å². The second kappa shape index (κ2) is 7.83. The highest BCUT2D eigenvalue weighted by Gasteiger charge is 2.30. The van der Waals surface area contributed by atoms with Gasteiger partial charge in [0.1, 0.15) is 0 Å². The van der Waals surface area contributed by atoms with Gasteiger partial charge in [-0.3, -0.25) is 4.79 Å². The Morgan fingerprint density at radius 1 is 1.00 bits per heavy atom. The maximum absolute atomic E-state index is 12.5. The molecule has 1 amide bonds. The monoisotopic (exact) mass is 351 g/mol. The number of carbonyl (C=O) groups excluding carboxylic acids is 2. The van der Waals surface area contributed by atoms with E-state index in [2.05, 4.69) is 5.32 Å². The zero-order valence-corrected chi connectivity index (χ0v) is 13.4. The summed E-state index contributed by atoms with van der Waals surface area (Å²) in [5.74, 6) is -1.41. The maximum Gasteiger partial charge on any atom is 0.416 e. The van der Waals surface area contributed by atoms with Crippen LogP contribution in [0.25, 0.3) is 0 Å². The van der Waals surface area contributed by atoms with Gasteiger partial charge in [0.15, 0.2) is 6.61 Å². The van der Waals surface area contributed by atoms with E-state index in [9.17, 15) is 22.8 Å². The van der Waals surface area contributed by atoms with E-state index in [1.54, 1.807) is 12.1 Å². The van der Waals surface area contributed by atoms with Crippen molar-refractivity contribution >= 4 is 17.6 Å². The molecule has 0 spiro atoms. The van der Waals surface area contributed by atoms with Gasteiger partial charge in [-0.05, 0) is 48.4 Å². The fourth-order valence-corrected chi connectivity index (χ4v) is 2.03. The number of amides is 1. The first-order valence-corrected chi connectivity index (χ1v) is 7.52. The molecule has 2 aromatic carbocycles. The van der Waals surface area contributed by atoms with Crippen molar-refractivity contribution < 1.29 is 27.5 Å². The SMILES string of the molecule is CCc1ccc(NC(=O)COC(=O)c2ccc(C(F)(F)F)cc2)cc1. The molecule has 0 fully saturated rings. The minimum Gasteiger partial charge on any atom is -0.452 e. The van der Waals surface area contributed by atoms with Crippen LogP contribution in [-0.4, -0.2) is 18.5 Å². The van der Waals surface area contributed by atoms with Crippen molar-refractivity contribution in [2.75, 3.05) is 11.9 Å². The van der Waals surface area contributed by atoms with Crippen molar-refractivity contribution in [3.8, 4) is 0 Å². The molecule has 0 aromatic heterocycles. The number of nitrogens with one attached hydrogen (secondary N) is 1. The third kappa shape index (κ3) is 5.34. The van der Waals surface area contributed by atoms with Crippen molar-refractivity contribution in [1.82, 2.24) is 0 Å². The van der Waals surface area contributed by atoms with Crippen molar-refractivity contribution in [1.29, 1.82) is 0 Å². The number of benzene rings is 2. The molecule has 0 bridgehead atoms. The highest BCUT2D eigenvalue weighted by Crippen LogP contribution is 2.29. The average molecular weight is 351 g/mol. The highest BCUT2D eigenvalue weighted by molar-refractivity contribution is 5.95. The molecule has 0 saturated heterocycles. The van der Waals surface area contributed by atoms with Gasteiger partial charge in [0.2, 0.25) is 0 Å². The highest BCUT2D eigenvalue weighted by atomic mass is 19.4. The van der Waals surface area contributed by atoms with E-state index in [0.717, 1.165) is 36.2 Å². The van der Waals surface area contributed by atoms with E-state index in [4.69, 9.17) is 4.74 Å². The Balaban J connectivity index is 1.87. The Bertz CT molecular complexity index is 738. The minimum absolute atomic E-state index is 0.0619. The zero-order valence-electron chi connectivity index (χ0n) is 13.4. The van der Waals surface area contributed by atoms with Crippen LogP contribution in [0.3, 0.4) is 0 Å². The normalized spacial score (nSPS) is 11.0.